The summed E-state index contributed by atoms with van der Waals surface area (Å²) in [4.78, 5) is 0. The van der Waals surface area contributed by atoms with Gasteiger partial charge in [-0.2, -0.15) is 0 Å². The molecule has 0 amide bonds. The van der Waals surface area contributed by atoms with Crippen molar-refractivity contribution in [3.63, 3.8) is 0 Å². The Bertz CT molecular complexity index is 1570. The Hall–Kier alpha value is -1.02. The first-order chi connectivity index (χ1) is 30.2. The van der Waals surface area contributed by atoms with E-state index in [-0.39, 0.29) is 41.4 Å². The number of allylic oxidation sites excluding steroid dienone is 1. The Balaban J connectivity index is 1.13. The molecule has 0 spiro atoms. The molecule has 0 unspecified atom stereocenters. The summed E-state index contributed by atoms with van der Waals surface area (Å²) in [5.74, 6) is -0.0300. The molecule has 3 heterocycles. The summed E-state index contributed by atoms with van der Waals surface area (Å²) in [6.45, 7) is 8.79. The number of hydrogen-bond acceptors (Lipinski definition) is 19. The predicted molar refractivity (Wildman–Crippen MR) is 221 cm³/mol. The van der Waals surface area contributed by atoms with Crippen molar-refractivity contribution in [1.82, 2.24) is 0 Å². The van der Waals surface area contributed by atoms with Crippen LogP contribution in [-0.4, -0.2) is 203 Å². The standard InChI is InChI=1S/C45H76O19/c1-18(2)6-9-25(49)19(3)31-26(60-42-39(57)36(54)33(51)28(16-47)62-42)14-24-22-8-7-20-12-21(48)13-30(45(20,5)23(22)10-11-44(24,31)4)64-43-40(58)37(55)34(52)29(63-43)17-59-41-38(56)35(53)32(50)27(15-46)61-41/h7,18-19,21-43,46-58H,6,8-17H2,1-5H3/t19-,21-,22-,23+,24+,25+,26+,27-,28-,29-,30-,31+,32+,33-,34-,35+,36+,37+,38-,39-,40-,41-,42-,43+,44+,45+/m1/s1. The maximum Gasteiger partial charge on any atom is 0.187 e. The summed E-state index contributed by atoms with van der Waals surface area (Å²) in [7, 11) is 0. The van der Waals surface area contributed by atoms with Gasteiger partial charge in [-0.3, -0.25) is 0 Å². The van der Waals surface area contributed by atoms with Crippen LogP contribution in [0.25, 0.3) is 0 Å². The van der Waals surface area contributed by atoms with E-state index in [1.807, 2.05) is 6.92 Å². The number of hydrogen-bond donors (Lipinski definition) is 13. The van der Waals surface area contributed by atoms with Gasteiger partial charge in [0.15, 0.2) is 18.9 Å². The van der Waals surface area contributed by atoms with Gasteiger partial charge in [0.05, 0.1) is 44.2 Å². The molecule has 3 saturated heterocycles. The molecule has 0 aromatic heterocycles. The first kappa shape index (κ1) is 50.8. The first-order valence-corrected chi connectivity index (χ1v) is 23.5. The van der Waals surface area contributed by atoms with Crippen molar-refractivity contribution < 1.29 is 94.8 Å². The number of ether oxygens (including phenoxy) is 6. The summed E-state index contributed by atoms with van der Waals surface area (Å²) in [5, 5.41) is 139. The Labute approximate surface area is 374 Å². The van der Waals surface area contributed by atoms with E-state index in [1.165, 1.54) is 0 Å². The van der Waals surface area contributed by atoms with Crippen LogP contribution in [-0.2, 0) is 28.4 Å². The van der Waals surface area contributed by atoms with Crippen LogP contribution in [0.1, 0.15) is 86.0 Å². The lowest BCUT2D eigenvalue weighted by molar-refractivity contribution is -0.342. The van der Waals surface area contributed by atoms with Crippen molar-refractivity contribution >= 4 is 0 Å². The fourth-order valence-electron chi connectivity index (χ4n) is 13.1. The molecule has 19 heteroatoms. The summed E-state index contributed by atoms with van der Waals surface area (Å²) < 4.78 is 36.4. The van der Waals surface area contributed by atoms with Crippen LogP contribution < -0.4 is 0 Å². The van der Waals surface area contributed by atoms with Crippen LogP contribution in [0.5, 0.6) is 0 Å². The molecule has 0 radical (unpaired) electrons. The molecular weight excluding hydrogens is 844 g/mol. The topological polar surface area (TPSA) is 318 Å². The first-order valence-electron chi connectivity index (χ1n) is 23.5. The number of fused-ring (bicyclic) bond motifs is 5. The van der Waals surface area contributed by atoms with Crippen molar-refractivity contribution in [2.75, 3.05) is 19.8 Å². The molecule has 7 rings (SSSR count). The van der Waals surface area contributed by atoms with Gasteiger partial charge in [-0.1, -0.05) is 46.3 Å². The van der Waals surface area contributed by atoms with Crippen LogP contribution in [0.2, 0.25) is 0 Å². The maximum atomic E-state index is 11.7. The Kier molecular flexibility index (Phi) is 16.0. The second-order valence-electron chi connectivity index (χ2n) is 21.0. The van der Waals surface area contributed by atoms with Crippen molar-refractivity contribution in [2.45, 2.75) is 203 Å². The van der Waals surface area contributed by atoms with Crippen molar-refractivity contribution in [3.8, 4) is 0 Å². The molecule has 370 valence electrons. The second-order valence-corrected chi connectivity index (χ2v) is 21.0. The van der Waals surface area contributed by atoms with Gasteiger partial charge in [-0.25, -0.2) is 0 Å². The fourth-order valence-corrected chi connectivity index (χ4v) is 13.1. The lowest BCUT2D eigenvalue weighted by Gasteiger charge is -2.60. The molecule has 13 N–H and O–H groups in total. The zero-order valence-electron chi connectivity index (χ0n) is 37.6. The minimum Gasteiger partial charge on any atom is -0.394 e. The molecule has 4 aliphatic carbocycles. The minimum atomic E-state index is -1.76. The second kappa shape index (κ2) is 20.1. The van der Waals surface area contributed by atoms with Crippen LogP contribution in [0.3, 0.4) is 0 Å². The molecule has 6 fully saturated rings. The highest BCUT2D eigenvalue weighted by molar-refractivity contribution is 5.28. The van der Waals surface area contributed by atoms with E-state index in [1.54, 1.807) is 0 Å². The zero-order chi connectivity index (χ0) is 46.7. The quantitative estimate of drug-likeness (QED) is 0.0821. The number of aliphatic hydroxyl groups excluding tert-OH is 13. The van der Waals surface area contributed by atoms with E-state index in [4.69, 9.17) is 28.4 Å². The van der Waals surface area contributed by atoms with Gasteiger partial charge < -0.3 is 94.8 Å². The monoisotopic (exact) mass is 920 g/mol. The molecule has 0 aromatic carbocycles. The lowest BCUT2D eigenvalue weighted by atomic mass is 9.46. The average Bonchev–Trinajstić information content (AvgIpc) is 3.56. The smallest absolute Gasteiger partial charge is 0.187 e. The highest BCUT2D eigenvalue weighted by atomic mass is 16.7. The van der Waals surface area contributed by atoms with Gasteiger partial charge in [0.2, 0.25) is 0 Å². The Morgan fingerprint density at radius 2 is 1.22 bits per heavy atom. The molecule has 64 heavy (non-hydrogen) atoms. The third-order valence-electron chi connectivity index (χ3n) is 16.8. The molecule has 19 nitrogen and oxygen atoms in total. The summed E-state index contributed by atoms with van der Waals surface area (Å²) in [5.41, 5.74) is -0.0819. The third kappa shape index (κ3) is 9.25. The summed E-state index contributed by atoms with van der Waals surface area (Å²) in [6, 6.07) is 0. The van der Waals surface area contributed by atoms with Gasteiger partial charge >= 0.3 is 0 Å². The fraction of sp³-hybridized carbons (Fsp3) is 0.956. The van der Waals surface area contributed by atoms with Gasteiger partial charge in [0, 0.05) is 11.8 Å². The molecule has 26 atom stereocenters. The highest BCUT2D eigenvalue weighted by Gasteiger charge is 2.65. The largest absolute Gasteiger partial charge is 0.394 e. The molecule has 0 aromatic rings. The van der Waals surface area contributed by atoms with Gasteiger partial charge in [0.1, 0.15) is 73.2 Å². The molecule has 3 aliphatic heterocycles. The van der Waals surface area contributed by atoms with Crippen LogP contribution in [0.15, 0.2) is 11.6 Å². The highest BCUT2D eigenvalue weighted by Crippen LogP contribution is 2.68. The van der Waals surface area contributed by atoms with Crippen molar-refractivity contribution in [2.24, 2.45) is 46.3 Å². The summed E-state index contributed by atoms with van der Waals surface area (Å²) >= 11 is 0. The molecule has 3 saturated carbocycles. The zero-order valence-corrected chi connectivity index (χ0v) is 37.6. The minimum absolute atomic E-state index is 0.0162. The normalized spacial score (nSPS) is 51.8. The Morgan fingerprint density at radius 1 is 0.672 bits per heavy atom. The molecular formula is C45H76O19. The average molecular weight is 921 g/mol. The van der Waals surface area contributed by atoms with E-state index < -0.39 is 142 Å². The van der Waals surface area contributed by atoms with Crippen molar-refractivity contribution in [3.05, 3.63) is 11.6 Å². The predicted octanol–water partition coefficient (Wildman–Crippen LogP) is -2.23. The number of aliphatic hydroxyl groups is 13. The van der Waals surface area contributed by atoms with Gasteiger partial charge in [0.25, 0.3) is 0 Å². The number of rotatable bonds is 14. The van der Waals surface area contributed by atoms with Crippen LogP contribution in [0, 0.1) is 46.3 Å². The van der Waals surface area contributed by atoms with Gasteiger partial charge in [-0.15, -0.1) is 0 Å². The summed E-state index contributed by atoms with van der Waals surface area (Å²) in [6.07, 6.45) is -19.1. The van der Waals surface area contributed by atoms with E-state index in [2.05, 4.69) is 33.8 Å². The van der Waals surface area contributed by atoms with E-state index in [0.29, 0.717) is 31.6 Å². The van der Waals surface area contributed by atoms with Gasteiger partial charge in [-0.05, 0) is 85.9 Å². The molecule has 0 bridgehead atoms. The van der Waals surface area contributed by atoms with Crippen molar-refractivity contribution in [1.29, 1.82) is 0 Å². The van der Waals surface area contributed by atoms with E-state index in [0.717, 1.165) is 24.8 Å². The SMILES string of the molecule is CC(C)CC[C@H](O)[C@@H](C)[C@H]1[C@@H](O[C@@H]2O[C@H](CO)[C@@H](O)[C@H](O)[C@H]2O)C[C@H]2[C@@H]3CC=C4C[C@@H](O)C[C@@H](O[C@@H]5O[C@H](CO[C@@H]6O[C@H](CO)[C@H](O)[C@H](O)[C@H]6O)[C@@H](O)[C@H](O)[C@H]5O)[C@]4(C)[C@H]3CC[C@]12C. The van der Waals surface area contributed by atoms with Crippen LogP contribution >= 0.6 is 0 Å². The third-order valence-corrected chi connectivity index (χ3v) is 16.8. The van der Waals surface area contributed by atoms with E-state index >= 15 is 0 Å². The Morgan fingerprint density at radius 3 is 1.81 bits per heavy atom. The maximum absolute atomic E-state index is 11.7. The lowest BCUT2D eigenvalue weighted by Crippen LogP contribution is -2.63. The van der Waals surface area contributed by atoms with E-state index in [9.17, 15) is 66.4 Å². The molecule has 7 aliphatic rings. The van der Waals surface area contributed by atoms with Crippen LogP contribution in [0.4, 0.5) is 0 Å².